The number of aryl methyl sites for hydroxylation is 2. The quantitative estimate of drug-likeness (QED) is 0.179. The Kier molecular flexibility index (Phi) is 11.9. The molecule has 1 spiro atoms. The van der Waals surface area contributed by atoms with Crippen LogP contribution in [0.1, 0.15) is 75.7 Å². The summed E-state index contributed by atoms with van der Waals surface area (Å²) in [5, 5.41) is 13.7. The molecule has 10 heteroatoms. The highest BCUT2D eigenvalue weighted by molar-refractivity contribution is 6.05. The molecule has 2 aromatic carbocycles. The maximum absolute atomic E-state index is 15.1. The number of carbonyl (C=O) groups is 4. The Morgan fingerprint density at radius 3 is 2.37 bits per heavy atom. The zero-order valence-corrected chi connectivity index (χ0v) is 30.5. The van der Waals surface area contributed by atoms with Crippen LogP contribution in [0.2, 0.25) is 0 Å². The number of rotatable bonds is 16. The lowest BCUT2D eigenvalue weighted by Gasteiger charge is -2.40. The number of para-hydroxylation sites is 1. The van der Waals surface area contributed by atoms with E-state index in [0.717, 1.165) is 16.8 Å². The van der Waals surface area contributed by atoms with Crippen molar-refractivity contribution in [3.05, 3.63) is 90.5 Å². The smallest absolute Gasteiger partial charge is 0.313 e. The maximum atomic E-state index is 15.1. The minimum Gasteiger partial charge on any atom is -0.455 e. The van der Waals surface area contributed by atoms with Crippen molar-refractivity contribution in [2.24, 2.45) is 17.8 Å². The number of likely N-dealkylation sites (tertiary alicyclic amines) is 1. The van der Waals surface area contributed by atoms with Crippen LogP contribution in [0.5, 0.6) is 0 Å². The van der Waals surface area contributed by atoms with Crippen LogP contribution in [0.4, 0.5) is 5.69 Å². The van der Waals surface area contributed by atoms with Gasteiger partial charge in [-0.05, 0) is 69.1 Å². The fourth-order valence-corrected chi connectivity index (χ4v) is 8.59. The van der Waals surface area contributed by atoms with Gasteiger partial charge in [-0.15, -0.1) is 13.2 Å². The van der Waals surface area contributed by atoms with Gasteiger partial charge in [-0.25, -0.2) is 0 Å². The Morgan fingerprint density at radius 2 is 1.76 bits per heavy atom. The number of hydrogen-bond acceptors (Lipinski definition) is 7. The minimum absolute atomic E-state index is 0.111. The van der Waals surface area contributed by atoms with Crippen LogP contribution in [0.25, 0.3) is 0 Å². The lowest BCUT2D eigenvalue weighted by molar-refractivity contribution is -0.162. The average molecular weight is 700 g/mol. The molecule has 0 radical (unpaired) electrons. The molecule has 3 aliphatic rings. The van der Waals surface area contributed by atoms with Gasteiger partial charge in [0.2, 0.25) is 11.8 Å². The summed E-state index contributed by atoms with van der Waals surface area (Å²) in [7, 11) is 0. The number of fused-ring (bicyclic) bond motifs is 1. The molecule has 3 fully saturated rings. The minimum atomic E-state index is -1.30. The molecule has 3 amide bonds. The van der Waals surface area contributed by atoms with Crippen LogP contribution < -0.4 is 10.2 Å². The van der Waals surface area contributed by atoms with E-state index in [9.17, 15) is 19.5 Å². The normalized spacial score (nSPS) is 25.2. The Labute approximate surface area is 301 Å². The largest absolute Gasteiger partial charge is 0.455 e. The van der Waals surface area contributed by atoms with Crippen molar-refractivity contribution in [2.45, 2.75) is 103 Å². The lowest BCUT2D eigenvalue weighted by atomic mass is 9.70. The van der Waals surface area contributed by atoms with Crippen LogP contribution in [0, 0.1) is 31.6 Å². The zero-order valence-electron chi connectivity index (χ0n) is 30.5. The van der Waals surface area contributed by atoms with Crippen molar-refractivity contribution < 1.29 is 33.8 Å². The van der Waals surface area contributed by atoms with Crippen LogP contribution in [0.3, 0.4) is 0 Å². The molecule has 10 nitrogen and oxygen atoms in total. The first-order valence-corrected chi connectivity index (χ1v) is 18.1. The van der Waals surface area contributed by atoms with Crippen molar-refractivity contribution in [2.75, 3.05) is 18.1 Å². The fraction of sp³-hybridized carbons (Fsp3) is 0.512. The molecular formula is C41H53N3O7. The molecule has 3 aliphatic heterocycles. The van der Waals surface area contributed by atoms with Gasteiger partial charge in [-0.2, -0.15) is 0 Å². The number of hydrogen-bond donors (Lipinski definition) is 2. The maximum Gasteiger partial charge on any atom is 0.313 e. The number of allylic oxidation sites excluding steroid dienone is 1. The first kappa shape index (κ1) is 38.0. The molecule has 0 unspecified atom stereocenters. The fourth-order valence-electron chi connectivity index (χ4n) is 8.59. The summed E-state index contributed by atoms with van der Waals surface area (Å²) in [5.41, 5.74) is 1.92. The van der Waals surface area contributed by atoms with Crippen molar-refractivity contribution in [3.63, 3.8) is 0 Å². The topological polar surface area (TPSA) is 125 Å². The van der Waals surface area contributed by atoms with E-state index in [1.807, 2.05) is 76.2 Å². The van der Waals surface area contributed by atoms with Gasteiger partial charge >= 0.3 is 5.97 Å². The molecule has 274 valence electrons. The van der Waals surface area contributed by atoms with Crippen molar-refractivity contribution in [1.82, 2.24) is 10.2 Å². The first-order chi connectivity index (χ1) is 24.4. The predicted molar refractivity (Wildman–Crippen MR) is 196 cm³/mol. The Morgan fingerprint density at radius 1 is 1.08 bits per heavy atom. The van der Waals surface area contributed by atoms with Gasteiger partial charge in [0.1, 0.15) is 17.7 Å². The van der Waals surface area contributed by atoms with Crippen molar-refractivity contribution in [3.8, 4) is 0 Å². The van der Waals surface area contributed by atoms with Crippen LogP contribution in [-0.2, 0) is 28.7 Å². The third-order valence-corrected chi connectivity index (χ3v) is 10.7. The number of benzene rings is 2. The second kappa shape index (κ2) is 15.9. The van der Waals surface area contributed by atoms with Gasteiger partial charge in [-0.1, -0.05) is 74.5 Å². The molecule has 8 atom stereocenters. The molecule has 0 aliphatic carbocycles. The van der Waals surface area contributed by atoms with Gasteiger partial charge in [0.15, 0.2) is 0 Å². The van der Waals surface area contributed by atoms with Gasteiger partial charge < -0.3 is 29.7 Å². The number of carbonyl (C=O) groups excluding carboxylic acids is 4. The summed E-state index contributed by atoms with van der Waals surface area (Å²) in [6, 6.07) is 12.7. The Hall–Kier alpha value is -4.28. The van der Waals surface area contributed by atoms with Crippen molar-refractivity contribution in [1.29, 1.82) is 0 Å². The number of esters is 1. The Balaban J connectivity index is 1.54. The van der Waals surface area contributed by atoms with Crippen LogP contribution in [-0.4, -0.2) is 76.7 Å². The number of aliphatic hydroxyl groups excluding tert-OH is 1. The van der Waals surface area contributed by atoms with Gasteiger partial charge in [-0.3, -0.25) is 19.2 Å². The molecular weight excluding hydrogens is 646 g/mol. The third kappa shape index (κ3) is 7.26. The summed E-state index contributed by atoms with van der Waals surface area (Å²) >= 11 is 0. The van der Waals surface area contributed by atoms with E-state index >= 15 is 4.79 Å². The molecule has 2 bridgehead atoms. The van der Waals surface area contributed by atoms with Crippen molar-refractivity contribution >= 4 is 29.4 Å². The lowest BCUT2D eigenvalue weighted by Crippen LogP contribution is -2.59. The number of nitrogens with one attached hydrogen (secondary N) is 1. The average Bonchev–Trinajstić information content (AvgIpc) is 3.75. The molecule has 2 aromatic rings. The predicted octanol–water partition coefficient (Wildman–Crippen LogP) is 5.36. The third-order valence-electron chi connectivity index (χ3n) is 10.7. The molecule has 0 saturated carbocycles. The summed E-state index contributed by atoms with van der Waals surface area (Å²) in [6.07, 6.45) is 3.93. The van der Waals surface area contributed by atoms with E-state index in [0.29, 0.717) is 31.2 Å². The van der Waals surface area contributed by atoms with Gasteiger partial charge in [0.05, 0.1) is 36.6 Å². The molecule has 2 N–H and O–H groups in total. The van der Waals surface area contributed by atoms with E-state index in [1.165, 1.54) is 4.90 Å². The van der Waals surface area contributed by atoms with E-state index in [1.54, 1.807) is 24.0 Å². The molecule has 5 rings (SSSR count). The highest BCUT2D eigenvalue weighted by Crippen LogP contribution is 2.59. The van der Waals surface area contributed by atoms with Crippen LogP contribution >= 0.6 is 0 Å². The molecule has 3 saturated heterocycles. The molecule has 51 heavy (non-hydrogen) atoms. The summed E-state index contributed by atoms with van der Waals surface area (Å²) in [6.45, 7) is 17.1. The molecule has 0 aromatic heterocycles. The monoisotopic (exact) mass is 699 g/mol. The standard InChI is InChI=1S/C41H53N3O7/c1-8-10-19-32(46)42-28(7)36(29-17-12-11-13-18-29)50-40(49)33-31-20-21-41(51-31)34(33)38(47)44(30(24-45)23-25(3)4)37(41)39(48)43(22-9-2)35-26(5)15-14-16-27(35)6/h8-9,11-18,25,28,30-31,33-34,36-37,45H,1-2,10,19-24H2,3-7H3,(H,42,46)/t28-,30+,31-,33+,34+,36-,37-,41+/m0/s1. The van der Waals surface area contributed by atoms with E-state index in [4.69, 9.17) is 9.47 Å². The second-order valence-corrected chi connectivity index (χ2v) is 14.7. The summed E-state index contributed by atoms with van der Waals surface area (Å²) in [5.74, 6) is -3.39. The Bertz CT molecular complexity index is 1610. The number of nitrogens with zero attached hydrogens (tertiary/aromatic N) is 2. The highest BCUT2D eigenvalue weighted by atomic mass is 16.6. The van der Waals surface area contributed by atoms with E-state index in [2.05, 4.69) is 18.5 Å². The zero-order chi connectivity index (χ0) is 37.0. The van der Waals surface area contributed by atoms with Crippen LogP contribution in [0.15, 0.2) is 73.8 Å². The highest BCUT2D eigenvalue weighted by Gasteiger charge is 2.76. The molecule has 3 heterocycles. The van der Waals surface area contributed by atoms with E-state index in [-0.39, 0.29) is 43.2 Å². The second-order valence-electron chi connectivity index (χ2n) is 14.7. The SMILES string of the molecule is C=CCCC(=O)N[C@@H](C)[C@H](OC(=O)[C@@H]1[C@@H]2CC[C@]3(O2)[C@H](C(=O)N(CC=C)c2c(C)cccc2C)N([C@@H](CO)CC(C)C)C(=O)[C@@H]13)c1ccccc1. The summed E-state index contributed by atoms with van der Waals surface area (Å²) < 4.78 is 13.0. The number of amides is 3. The first-order valence-electron chi connectivity index (χ1n) is 18.1. The summed E-state index contributed by atoms with van der Waals surface area (Å²) in [4.78, 5) is 60.3. The van der Waals surface area contributed by atoms with Gasteiger partial charge in [0.25, 0.3) is 5.91 Å². The van der Waals surface area contributed by atoms with Gasteiger partial charge in [0, 0.05) is 18.7 Å². The van der Waals surface area contributed by atoms with E-state index < -0.39 is 53.7 Å². The number of aliphatic hydroxyl groups is 1. The number of ether oxygens (including phenoxy) is 2. The number of anilines is 1.